The van der Waals surface area contributed by atoms with Crippen LogP contribution >= 0.6 is 0 Å². The first-order valence-electron chi connectivity index (χ1n) is 10.4. The SMILES string of the molecule is CCS(=O)(=O)[C@@H](Cc1c[nH]c2ccccc12)C(=O)N[C@@H](CCC(=O)C=N)C(=O)OC(C)C. The van der Waals surface area contributed by atoms with Crippen LogP contribution in [0, 0.1) is 5.41 Å². The van der Waals surface area contributed by atoms with Gasteiger partial charge in [-0.3, -0.25) is 9.59 Å². The lowest BCUT2D eigenvalue weighted by atomic mass is 10.1. The van der Waals surface area contributed by atoms with Crippen molar-refractivity contribution < 1.29 is 27.5 Å². The van der Waals surface area contributed by atoms with Gasteiger partial charge < -0.3 is 20.4 Å². The molecule has 0 saturated carbocycles. The van der Waals surface area contributed by atoms with E-state index < -0.39 is 44.9 Å². The lowest BCUT2D eigenvalue weighted by Crippen LogP contribution is -2.49. The molecule has 0 spiro atoms. The summed E-state index contributed by atoms with van der Waals surface area (Å²) in [6.45, 7) is 4.74. The number of H-pyrrole nitrogens is 1. The van der Waals surface area contributed by atoms with Crippen molar-refractivity contribution in [1.29, 1.82) is 5.41 Å². The van der Waals surface area contributed by atoms with Crippen LogP contribution in [0.1, 0.15) is 39.2 Å². The molecule has 2 rings (SSSR count). The highest BCUT2D eigenvalue weighted by atomic mass is 32.2. The molecule has 174 valence electrons. The summed E-state index contributed by atoms with van der Waals surface area (Å²) in [4.78, 5) is 40.1. The van der Waals surface area contributed by atoms with Gasteiger partial charge in [-0.15, -0.1) is 0 Å². The Labute approximate surface area is 187 Å². The fourth-order valence-corrected chi connectivity index (χ4v) is 4.50. The Morgan fingerprint density at radius 1 is 1.22 bits per heavy atom. The molecule has 9 nitrogen and oxygen atoms in total. The van der Waals surface area contributed by atoms with E-state index in [1.807, 2.05) is 24.3 Å². The minimum absolute atomic E-state index is 0.0720. The van der Waals surface area contributed by atoms with Gasteiger partial charge in [-0.25, -0.2) is 13.2 Å². The Bertz CT molecular complexity index is 1090. The standard InChI is InChI=1S/C22H29N3O6S/c1-4-32(29,30)20(11-15-13-24-18-8-6-5-7-17(15)18)21(27)25-19(10-9-16(26)12-23)22(28)31-14(2)3/h5-8,12-14,19-20,23-24H,4,9-11H2,1-3H3,(H,25,27)/t19-,20-/m0/s1. The first-order chi connectivity index (χ1) is 15.1. The molecule has 0 fully saturated rings. The Balaban J connectivity index is 2.30. The molecule has 2 aromatic rings. The maximum atomic E-state index is 13.1. The van der Waals surface area contributed by atoms with E-state index in [0.29, 0.717) is 11.8 Å². The summed E-state index contributed by atoms with van der Waals surface area (Å²) < 4.78 is 30.7. The predicted octanol–water partition coefficient (Wildman–Crippen LogP) is 1.95. The Morgan fingerprint density at radius 3 is 2.53 bits per heavy atom. The number of carbonyl (C=O) groups is 3. The van der Waals surface area contributed by atoms with Crippen LogP contribution in [0.15, 0.2) is 30.5 Å². The molecule has 1 amide bonds. The number of ether oxygens (including phenoxy) is 1. The minimum Gasteiger partial charge on any atom is -0.461 e. The number of esters is 1. The molecule has 32 heavy (non-hydrogen) atoms. The first kappa shape index (κ1) is 25.3. The third kappa shape index (κ3) is 6.49. The van der Waals surface area contributed by atoms with Gasteiger partial charge in [-0.1, -0.05) is 25.1 Å². The molecule has 1 aromatic carbocycles. The van der Waals surface area contributed by atoms with Crippen molar-refractivity contribution in [3.8, 4) is 0 Å². The molecule has 0 bridgehead atoms. The summed E-state index contributed by atoms with van der Waals surface area (Å²) in [5.41, 5.74) is 1.48. The van der Waals surface area contributed by atoms with Crippen LogP contribution in [0.4, 0.5) is 0 Å². The Morgan fingerprint density at radius 2 is 1.91 bits per heavy atom. The second-order valence-corrected chi connectivity index (χ2v) is 10.2. The van der Waals surface area contributed by atoms with Crippen molar-refractivity contribution in [2.75, 3.05) is 5.75 Å². The van der Waals surface area contributed by atoms with E-state index in [1.54, 1.807) is 20.0 Å². The van der Waals surface area contributed by atoms with Crippen molar-refractivity contribution in [3.05, 3.63) is 36.0 Å². The van der Waals surface area contributed by atoms with Crippen molar-refractivity contribution in [2.24, 2.45) is 0 Å². The molecule has 1 aromatic heterocycles. The zero-order valence-electron chi connectivity index (χ0n) is 18.4. The molecule has 0 saturated heterocycles. The number of Topliss-reactive ketones (excluding diaryl/α,β-unsaturated/α-hetero) is 1. The molecule has 2 atom stereocenters. The number of hydrogen-bond donors (Lipinski definition) is 3. The number of amides is 1. The maximum absolute atomic E-state index is 13.1. The van der Waals surface area contributed by atoms with E-state index in [4.69, 9.17) is 10.1 Å². The lowest BCUT2D eigenvalue weighted by Gasteiger charge is -2.22. The minimum atomic E-state index is -3.82. The summed E-state index contributed by atoms with van der Waals surface area (Å²) in [6, 6.07) is 6.14. The van der Waals surface area contributed by atoms with E-state index in [2.05, 4.69) is 10.3 Å². The predicted molar refractivity (Wildman–Crippen MR) is 121 cm³/mol. The molecular weight excluding hydrogens is 434 g/mol. The zero-order valence-corrected chi connectivity index (χ0v) is 19.2. The maximum Gasteiger partial charge on any atom is 0.328 e. The van der Waals surface area contributed by atoms with Gasteiger partial charge in [0.1, 0.15) is 11.3 Å². The van der Waals surface area contributed by atoms with Gasteiger partial charge in [0.2, 0.25) is 5.91 Å². The third-order valence-electron chi connectivity index (χ3n) is 5.00. The van der Waals surface area contributed by atoms with Crippen LogP contribution in [-0.4, -0.2) is 60.4 Å². The number of nitrogens with one attached hydrogen (secondary N) is 3. The fourth-order valence-electron chi connectivity index (χ4n) is 3.27. The highest BCUT2D eigenvalue weighted by Crippen LogP contribution is 2.22. The molecule has 0 unspecified atom stereocenters. The molecular formula is C22H29N3O6S. The average Bonchev–Trinajstić information content (AvgIpc) is 3.16. The number of sulfone groups is 1. The number of ketones is 1. The van der Waals surface area contributed by atoms with Gasteiger partial charge in [0.05, 0.1) is 12.3 Å². The van der Waals surface area contributed by atoms with Crippen LogP contribution in [0.25, 0.3) is 10.9 Å². The zero-order chi connectivity index (χ0) is 23.9. The molecule has 10 heteroatoms. The number of para-hydroxylation sites is 1. The number of rotatable bonds is 12. The van der Waals surface area contributed by atoms with Crippen LogP contribution < -0.4 is 5.32 Å². The van der Waals surface area contributed by atoms with E-state index in [0.717, 1.165) is 10.9 Å². The van der Waals surface area contributed by atoms with Crippen molar-refractivity contribution >= 4 is 44.6 Å². The second kappa shape index (κ2) is 11.0. The van der Waals surface area contributed by atoms with E-state index >= 15 is 0 Å². The van der Waals surface area contributed by atoms with E-state index in [9.17, 15) is 22.8 Å². The van der Waals surface area contributed by atoms with Gasteiger partial charge in [-0.05, 0) is 31.9 Å². The first-order valence-corrected chi connectivity index (χ1v) is 12.1. The highest BCUT2D eigenvalue weighted by molar-refractivity contribution is 7.92. The molecule has 0 aliphatic rings. The summed E-state index contributed by atoms with van der Waals surface area (Å²) in [5, 5.41) is 8.87. The van der Waals surface area contributed by atoms with Gasteiger partial charge in [0, 0.05) is 35.7 Å². The number of fused-ring (bicyclic) bond motifs is 1. The number of aromatic nitrogens is 1. The van der Waals surface area contributed by atoms with Crippen LogP contribution in [0.3, 0.4) is 0 Å². The molecule has 0 aliphatic heterocycles. The number of carbonyl (C=O) groups excluding carboxylic acids is 3. The molecule has 0 aliphatic carbocycles. The van der Waals surface area contributed by atoms with Gasteiger partial charge in [-0.2, -0.15) is 0 Å². The summed E-state index contributed by atoms with van der Waals surface area (Å²) in [5.74, 6) is -2.35. The lowest BCUT2D eigenvalue weighted by molar-refractivity contribution is -0.151. The van der Waals surface area contributed by atoms with Crippen molar-refractivity contribution in [1.82, 2.24) is 10.3 Å². The van der Waals surface area contributed by atoms with Crippen molar-refractivity contribution in [3.63, 3.8) is 0 Å². The normalized spacial score (nSPS) is 13.5. The third-order valence-corrected chi connectivity index (χ3v) is 7.05. The topological polar surface area (TPSA) is 146 Å². The van der Waals surface area contributed by atoms with Gasteiger partial charge >= 0.3 is 5.97 Å². The largest absolute Gasteiger partial charge is 0.461 e. The van der Waals surface area contributed by atoms with Crippen LogP contribution in [-0.2, 0) is 35.4 Å². The average molecular weight is 464 g/mol. The quantitative estimate of drug-likeness (QED) is 0.324. The summed E-state index contributed by atoms with van der Waals surface area (Å²) in [6.07, 6.45) is 1.52. The molecule has 0 radical (unpaired) electrons. The van der Waals surface area contributed by atoms with Crippen LogP contribution in [0.2, 0.25) is 0 Å². The summed E-state index contributed by atoms with van der Waals surface area (Å²) in [7, 11) is -3.82. The number of aromatic amines is 1. The monoisotopic (exact) mass is 463 g/mol. The van der Waals surface area contributed by atoms with Crippen molar-refractivity contribution in [2.45, 2.75) is 57.4 Å². The van der Waals surface area contributed by atoms with Crippen LogP contribution in [0.5, 0.6) is 0 Å². The fraction of sp³-hybridized carbons (Fsp3) is 0.455. The van der Waals surface area contributed by atoms with E-state index in [-0.39, 0.29) is 25.0 Å². The molecule has 1 heterocycles. The van der Waals surface area contributed by atoms with Gasteiger partial charge in [0.25, 0.3) is 0 Å². The summed E-state index contributed by atoms with van der Waals surface area (Å²) >= 11 is 0. The van der Waals surface area contributed by atoms with E-state index in [1.165, 1.54) is 6.92 Å². The van der Waals surface area contributed by atoms with Gasteiger partial charge in [0.15, 0.2) is 15.6 Å². The number of hydrogen-bond acceptors (Lipinski definition) is 7. The second-order valence-electron chi connectivity index (χ2n) is 7.70. The smallest absolute Gasteiger partial charge is 0.328 e. The highest BCUT2D eigenvalue weighted by Gasteiger charge is 2.35. The molecule has 3 N–H and O–H groups in total. The Hall–Kier alpha value is -3.01. The number of benzene rings is 1. The Kier molecular flexibility index (Phi) is 8.71.